The summed E-state index contributed by atoms with van der Waals surface area (Å²) >= 11 is 0. The molecule has 3 unspecified atom stereocenters. The first-order chi connectivity index (χ1) is 21.0. The largest absolute Gasteiger partial charge is 0.508 e. The van der Waals surface area contributed by atoms with Gasteiger partial charge in [-0.05, 0) is 121 Å². The number of aromatic hydroxyl groups is 1. The lowest BCUT2D eigenvalue weighted by molar-refractivity contribution is -0.238. The van der Waals surface area contributed by atoms with Gasteiger partial charge in [-0.25, -0.2) is 4.79 Å². The van der Waals surface area contributed by atoms with Gasteiger partial charge in [-0.2, -0.15) is 0 Å². The molecule has 0 bridgehead atoms. The van der Waals surface area contributed by atoms with Gasteiger partial charge in [-0.3, -0.25) is 4.79 Å². The highest BCUT2D eigenvalue weighted by molar-refractivity contribution is 5.87. The second-order valence-corrected chi connectivity index (χ2v) is 17.0. The molecule has 5 aliphatic carbocycles. The minimum absolute atomic E-state index is 0.0143. The van der Waals surface area contributed by atoms with Crippen LogP contribution in [0.25, 0.3) is 6.08 Å². The number of carbonyl (C=O) groups excluding carboxylic acids is 1. The Balaban J connectivity index is 1.29. The van der Waals surface area contributed by atoms with Crippen LogP contribution in [0, 0.1) is 56.7 Å². The third-order valence-electron chi connectivity index (χ3n) is 14.9. The highest BCUT2D eigenvalue weighted by atomic mass is 16.6. The van der Waals surface area contributed by atoms with Gasteiger partial charge in [0.15, 0.2) is 0 Å². The first kappa shape index (κ1) is 32.3. The van der Waals surface area contributed by atoms with Gasteiger partial charge < -0.3 is 20.1 Å². The monoisotopic (exact) mass is 618 g/mol. The predicted octanol–water partition coefficient (Wildman–Crippen LogP) is 8.03. The quantitative estimate of drug-likeness (QED) is 0.179. The van der Waals surface area contributed by atoms with E-state index in [4.69, 9.17) is 4.74 Å². The zero-order chi connectivity index (χ0) is 32.7. The zero-order valence-electron chi connectivity index (χ0n) is 28.3. The second-order valence-electron chi connectivity index (χ2n) is 17.0. The average Bonchev–Trinajstić information content (AvgIpc) is 2.97. The summed E-state index contributed by atoms with van der Waals surface area (Å²) in [5.41, 5.74) is 0.857. The Morgan fingerprint density at radius 1 is 0.933 bits per heavy atom. The summed E-state index contributed by atoms with van der Waals surface area (Å²) in [6.45, 7) is 16.2. The molecule has 6 rings (SSSR count). The topological polar surface area (TPSA) is 104 Å². The number of aliphatic hydroxyl groups excluding tert-OH is 1. The number of benzene rings is 1. The highest BCUT2D eigenvalue weighted by Gasteiger charge is 2.70. The maximum Gasteiger partial charge on any atom is 0.331 e. The summed E-state index contributed by atoms with van der Waals surface area (Å²) in [6.07, 6.45) is 11.1. The van der Waals surface area contributed by atoms with Crippen LogP contribution >= 0.6 is 0 Å². The van der Waals surface area contributed by atoms with Crippen LogP contribution in [0.4, 0.5) is 0 Å². The molecule has 3 N–H and O–H groups in total. The van der Waals surface area contributed by atoms with Gasteiger partial charge in [0, 0.05) is 11.5 Å². The third-order valence-corrected chi connectivity index (χ3v) is 14.9. The first-order valence-electron chi connectivity index (χ1n) is 17.3. The number of hydrogen-bond donors (Lipinski definition) is 3. The Morgan fingerprint density at radius 3 is 2.29 bits per heavy atom. The Morgan fingerprint density at radius 2 is 1.62 bits per heavy atom. The van der Waals surface area contributed by atoms with E-state index in [9.17, 15) is 24.9 Å². The molecule has 0 saturated heterocycles. The van der Waals surface area contributed by atoms with Crippen LogP contribution in [0.5, 0.6) is 5.75 Å². The van der Waals surface area contributed by atoms with Gasteiger partial charge >= 0.3 is 11.9 Å². The molecular weight excluding hydrogens is 564 g/mol. The predicted molar refractivity (Wildman–Crippen MR) is 175 cm³/mol. The minimum atomic E-state index is -0.780. The lowest BCUT2D eigenvalue weighted by atomic mass is 9.33. The van der Waals surface area contributed by atoms with Gasteiger partial charge in [0.05, 0.1) is 11.5 Å². The number of phenols is 1. The molecule has 5 aliphatic rings. The number of ether oxygens (including phenoxy) is 1. The normalized spacial score (nSPS) is 45.3. The molecule has 6 heteroatoms. The zero-order valence-corrected chi connectivity index (χ0v) is 28.3. The Bertz CT molecular complexity index is 1410. The summed E-state index contributed by atoms with van der Waals surface area (Å²) in [7, 11) is 0. The van der Waals surface area contributed by atoms with Gasteiger partial charge in [-0.1, -0.05) is 72.2 Å². The third kappa shape index (κ3) is 4.58. The van der Waals surface area contributed by atoms with Crippen molar-refractivity contribution in [2.75, 3.05) is 0 Å². The standard InChI is InChI=1S/C39H54O6/c1-23-16-19-39(34(43)44)21-20-37(6)27(32(39)24(23)2)13-14-30-36(5)22-28(41)33(35(3,4)29(36)17-18-38(30,37)7)45-31(42)15-10-25-8-11-26(40)12-9-25/h8-13,15,23-24,28-30,32-33,40-41H,14,16-22H2,1-7H3,(H,43,44)/b15-10-/t23-,24+,28-,29?,30?,32+,33-,36?,37-,38-,39+/m1/s1. The molecule has 11 atom stereocenters. The molecular formula is C39H54O6. The average molecular weight is 619 g/mol. The van der Waals surface area contributed by atoms with Crippen molar-refractivity contribution in [3.63, 3.8) is 0 Å². The van der Waals surface area contributed by atoms with Gasteiger partial charge in [-0.15, -0.1) is 0 Å². The number of rotatable bonds is 4. The van der Waals surface area contributed by atoms with Crippen molar-refractivity contribution in [2.45, 2.75) is 112 Å². The number of esters is 1. The molecule has 1 aromatic carbocycles. The number of carboxylic acids is 1. The minimum Gasteiger partial charge on any atom is -0.508 e. The van der Waals surface area contributed by atoms with Crippen molar-refractivity contribution in [3.8, 4) is 5.75 Å². The van der Waals surface area contributed by atoms with Crippen molar-refractivity contribution in [1.29, 1.82) is 0 Å². The van der Waals surface area contributed by atoms with E-state index in [1.54, 1.807) is 30.3 Å². The SMILES string of the molecule is C[C@H]1[C@H](C)CC[C@]2(C(=O)O)CC[C@]3(C)C(=CCC4C5(C)C[C@@H](O)[C@@H](OC(=O)/C=C\c6ccc(O)cc6)C(C)(C)C5CC[C@]43C)[C@H]12. The molecule has 246 valence electrons. The van der Waals surface area contributed by atoms with E-state index in [2.05, 4.69) is 54.5 Å². The van der Waals surface area contributed by atoms with Crippen LogP contribution in [-0.4, -0.2) is 39.5 Å². The van der Waals surface area contributed by atoms with Gasteiger partial charge in [0.25, 0.3) is 0 Å². The second kappa shape index (κ2) is 10.7. The van der Waals surface area contributed by atoms with Crippen LogP contribution in [0.2, 0.25) is 0 Å². The summed E-state index contributed by atoms with van der Waals surface area (Å²) < 4.78 is 6.05. The van der Waals surface area contributed by atoms with Crippen molar-refractivity contribution in [2.24, 2.45) is 56.7 Å². The van der Waals surface area contributed by atoms with E-state index >= 15 is 0 Å². The summed E-state index contributed by atoms with van der Waals surface area (Å²) in [5, 5.41) is 32.0. The number of phenolic OH excluding ortho intramolecular Hbond substituents is 1. The number of allylic oxidation sites excluding steroid dienone is 2. The van der Waals surface area contributed by atoms with E-state index in [0.717, 1.165) is 50.5 Å². The molecule has 0 amide bonds. The summed E-state index contributed by atoms with van der Waals surface area (Å²) in [6, 6.07) is 6.62. The molecule has 4 fully saturated rings. The van der Waals surface area contributed by atoms with Crippen molar-refractivity contribution >= 4 is 18.0 Å². The molecule has 0 aromatic heterocycles. The molecule has 6 nitrogen and oxygen atoms in total. The maximum atomic E-state index is 13.0. The lowest BCUT2D eigenvalue weighted by Crippen LogP contribution is -2.67. The van der Waals surface area contributed by atoms with E-state index in [0.29, 0.717) is 24.2 Å². The summed E-state index contributed by atoms with van der Waals surface area (Å²) in [5.74, 6) is 0.617. The number of aliphatic carboxylic acids is 1. The highest BCUT2D eigenvalue weighted by Crippen LogP contribution is 2.75. The van der Waals surface area contributed by atoms with Crippen molar-refractivity contribution in [3.05, 3.63) is 47.6 Å². The lowest BCUT2D eigenvalue weighted by Gasteiger charge is -2.71. The van der Waals surface area contributed by atoms with Gasteiger partial charge in [0.2, 0.25) is 0 Å². The molecule has 0 spiro atoms. The van der Waals surface area contributed by atoms with Crippen LogP contribution < -0.4 is 0 Å². The fraction of sp³-hybridized carbons (Fsp3) is 0.692. The Kier molecular flexibility index (Phi) is 7.70. The van der Waals surface area contributed by atoms with Crippen LogP contribution in [-0.2, 0) is 14.3 Å². The van der Waals surface area contributed by atoms with Crippen molar-refractivity contribution < 1.29 is 29.6 Å². The number of carboxylic acid groups (broad SMARTS) is 1. The molecule has 0 radical (unpaired) electrons. The van der Waals surface area contributed by atoms with Crippen molar-refractivity contribution in [1.82, 2.24) is 0 Å². The Labute approximate surface area is 269 Å². The smallest absolute Gasteiger partial charge is 0.331 e. The van der Waals surface area contributed by atoms with E-state index in [1.807, 2.05) is 0 Å². The molecule has 4 saturated carbocycles. The number of carbonyl (C=O) groups is 2. The van der Waals surface area contributed by atoms with Crippen LogP contribution in [0.3, 0.4) is 0 Å². The number of hydrogen-bond acceptors (Lipinski definition) is 5. The molecule has 45 heavy (non-hydrogen) atoms. The van der Waals surface area contributed by atoms with Crippen LogP contribution in [0.15, 0.2) is 42.0 Å². The number of aliphatic hydroxyl groups is 1. The van der Waals surface area contributed by atoms with E-state index < -0.39 is 35.0 Å². The Hall–Kier alpha value is -2.60. The molecule has 0 heterocycles. The molecule has 1 aromatic rings. The first-order valence-corrected chi connectivity index (χ1v) is 17.3. The summed E-state index contributed by atoms with van der Waals surface area (Å²) in [4.78, 5) is 26.0. The fourth-order valence-corrected chi connectivity index (χ4v) is 12.1. The maximum absolute atomic E-state index is 13.0. The molecule has 0 aliphatic heterocycles. The van der Waals surface area contributed by atoms with Gasteiger partial charge in [0.1, 0.15) is 11.9 Å². The van der Waals surface area contributed by atoms with E-state index in [-0.39, 0.29) is 33.8 Å². The number of fused-ring (bicyclic) bond motifs is 7. The fourth-order valence-electron chi connectivity index (χ4n) is 12.1. The van der Waals surface area contributed by atoms with E-state index in [1.165, 1.54) is 11.6 Å². The van der Waals surface area contributed by atoms with Crippen LogP contribution in [0.1, 0.15) is 105 Å².